The fourth-order valence-corrected chi connectivity index (χ4v) is 3.61. The Morgan fingerprint density at radius 1 is 1.58 bits per heavy atom. The van der Waals surface area contributed by atoms with Gasteiger partial charge in [-0.15, -0.1) is 23.7 Å². The highest BCUT2D eigenvalue weighted by Crippen LogP contribution is 2.23. The molecule has 0 spiro atoms. The van der Waals surface area contributed by atoms with Crippen LogP contribution in [0.1, 0.15) is 35.0 Å². The van der Waals surface area contributed by atoms with Crippen molar-refractivity contribution >= 4 is 29.7 Å². The Labute approximate surface area is 125 Å². The maximum atomic E-state index is 12.5. The summed E-state index contributed by atoms with van der Waals surface area (Å²) in [7, 11) is 1.98. The predicted octanol–water partition coefficient (Wildman–Crippen LogP) is 2.80. The molecule has 0 radical (unpaired) electrons. The number of likely N-dealkylation sites (tertiary alicyclic amines) is 1. The average Bonchev–Trinajstić information content (AvgIpc) is 2.87. The average molecular weight is 303 g/mol. The molecule has 1 aliphatic heterocycles. The molecule has 1 amide bonds. The molecule has 2 rings (SSSR count). The number of carbonyl (C=O) groups is 1. The molecule has 0 aliphatic carbocycles. The van der Waals surface area contributed by atoms with Crippen LogP contribution in [0.4, 0.5) is 0 Å². The van der Waals surface area contributed by atoms with Crippen LogP contribution >= 0.6 is 23.7 Å². The predicted molar refractivity (Wildman–Crippen MR) is 83.5 cm³/mol. The van der Waals surface area contributed by atoms with Crippen LogP contribution in [0.3, 0.4) is 0 Å². The molecule has 0 saturated carbocycles. The van der Waals surface area contributed by atoms with E-state index in [0.29, 0.717) is 5.92 Å². The van der Waals surface area contributed by atoms with E-state index in [4.69, 9.17) is 0 Å². The Balaban J connectivity index is 0.00000180. The summed E-state index contributed by atoms with van der Waals surface area (Å²) in [6.07, 6.45) is 3.30. The number of rotatable bonds is 4. The topological polar surface area (TPSA) is 32.3 Å². The number of nitrogens with zero attached hydrogens (tertiary/aromatic N) is 1. The number of hydrogen-bond donors (Lipinski definition) is 1. The van der Waals surface area contributed by atoms with Gasteiger partial charge < -0.3 is 10.2 Å². The molecular formula is C14H23ClN2OS. The molecule has 1 aromatic rings. The molecule has 1 fully saturated rings. The van der Waals surface area contributed by atoms with E-state index in [1.165, 1.54) is 12.0 Å². The fraction of sp³-hybridized carbons (Fsp3) is 0.643. The summed E-state index contributed by atoms with van der Waals surface area (Å²) in [4.78, 5) is 15.5. The van der Waals surface area contributed by atoms with Gasteiger partial charge in [0.05, 0.1) is 4.88 Å². The standard InChI is InChI=1S/C14H22N2OS.ClH/c1-3-12-6-8-18-13(12)14(17)16-7-4-5-11(10-16)9-15-2;/h6,8,11,15H,3-5,7,9-10H2,1-2H3;1H. The maximum absolute atomic E-state index is 12.5. The maximum Gasteiger partial charge on any atom is 0.264 e. The lowest BCUT2D eigenvalue weighted by Gasteiger charge is -2.32. The fourth-order valence-electron chi connectivity index (χ4n) is 2.65. The minimum absolute atomic E-state index is 0. The van der Waals surface area contributed by atoms with Gasteiger partial charge in [0.15, 0.2) is 0 Å². The van der Waals surface area contributed by atoms with E-state index in [1.807, 2.05) is 17.3 Å². The van der Waals surface area contributed by atoms with Gasteiger partial charge >= 0.3 is 0 Å². The van der Waals surface area contributed by atoms with Crippen molar-refractivity contribution in [1.82, 2.24) is 10.2 Å². The number of aryl methyl sites for hydroxylation is 1. The number of nitrogens with one attached hydrogen (secondary N) is 1. The van der Waals surface area contributed by atoms with Gasteiger partial charge in [0, 0.05) is 13.1 Å². The van der Waals surface area contributed by atoms with Crippen LogP contribution in [-0.4, -0.2) is 37.5 Å². The van der Waals surface area contributed by atoms with Crippen LogP contribution in [0.5, 0.6) is 0 Å². The third-order valence-electron chi connectivity index (χ3n) is 3.62. The van der Waals surface area contributed by atoms with Crippen LogP contribution in [0.2, 0.25) is 0 Å². The summed E-state index contributed by atoms with van der Waals surface area (Å²) in [6.45, 7) is 4.94. The van der Waals surface area contributed by atoms with E-state index in [9.17, 15) is 4.79 Å². The highest BCUT2D eigenvalue weighted by molar-refractivity contribution is 7.12. The first-order valence-corrected chi connectivity index (χ1v) is 7.64. The van der Waals surface area contributed by atoms with Crippen molar-refractivity contribution in [3.8, 4) is 0 Å². The Morgan fingerprint density at radius 2 is 2.37 bits per heavy atom. The molecule has 1 aromatic heterocycles. The minimum Gasteiger partial charge on any atom is -0.338 e. The third kappa shape index (κ3) is 3.94. The zero-order chi connectivity index (χ0) is 13.0. The van der Waals surface area contributed by atoms with Crippen molar-refractivity contribution in [3.63, 3.8) is 0 Å². The summed E-state index contributed by atoms with van der Waals surface area (Å²) in [5, 5.41) is 5.25. The first kappa shape index (κ1) is 16.5. The molecule has 2 heterocycles. The van der Waals surface area contributed by atoms with Crippen LogP contribution in [0.15, 0.2) is 11.4 Å². The van der Waals surface area contributed by atoms with E-state index in [1.54, 1.807) is 11.3 Å². The molecule has 19 heavy (non-hydrogen) atoms. The summed E-state index contributed by atoms with van der Waals surface area (Å²) < 4.78 is 0. The van der Waals surface area contributed by atoms with E-state index in [-0.39, 0.29) is 18.3 Å². The van der Waals surface area contributed by atoms with Crippen molar-refractivity contribution in [2.24, 2.45) is 5.92 Å². The van der Waals surface area contributed by atoms with Crippen LogP contribution < -0.4 is 5.32 Å². The van der Waals surface area contributed by atoms with Crippen molar-refractivity contribution in [1.29, 1.82) is 0 Å². The second-order valence-electron chi connectivity index (χ2n) is 4.95. The van der Waals surface area contributed by atoms with Gasteiger partial charge in [0.2, 0.25) is 0 Å². The van der Waals surface area contributed by atoms with E-state index in [2.05, 4.69) is 18.3 Å². The molecule has 1 unspecified atom stereocenters. The number of carbonyl (C=O) groups excluding carboxylic acids is 1. The highest BCUT2D eigenvalue weighted by atomic mass is 35.5. The highest BCUT2D eigenvalue weighted by Gasteiger charge is 2.25. The molecule has 1 N–H and O–H groups in total. The molecule has 0 bridgehead atoms. The van der Waals surface area contributed by atoms with Crippen molar-refractivity contribution < 1.29 is 4.79 Å². The third-order valence-corrected chi connectivity index (χ3v) is 4.57. The number of hydrogen-bond acceptors (Lipinski definition) is 3. The summed E-state index contributed by atoms with van der Waals surface area (Å²) in [6, 6.07) is 2.08. The molecule has 1 saturated heterocycles. The zero-order valence-corrected chi connectivity index (χ0v) is 13.3. The van der Waals surface area contributed by atoms with Crippen LogP contribution in [0.25, 0.3) is 0 Å². The Kier molecular flexibility index (Phi) is 6.83. The van der Waals surface area contributed by atoms with Gasteiger partial charge in [-0.05, 0) is 55.8 Å². The van der Waals surface area contributed by atoms with Crippen molar-refractivity contribution in [2.75, 3.05) is 26.7 Å². The zero-order valence-electron chi connectivity index (χ0n) is 11.6. The molecule has 3 nitrogen and oxygen atoms in total. The lowest BCUT2D eigenvalue weighted by Crippen LogP contribution is -2.42. The van der Waals surface area contributed by atoms with Crippen LogP contribution in [0, 0.1) is 5.92 Å². The normalized spacial score (nSPS) is 19.1. The number of halogens is 1. The second-order valence-corrected chi connectivity index (χ2v) is 5.86. The quantitative estimate of drug-likeness (QED) is 0.927. The van der Waals surface area contributed by atoms with Crippen molar-refractivity contribution in [2.45, 2.75) is 26.2 Å². The van der Waals surface area contributed by atoms with Gasteiger partial charge in [-0.25, -0.2) is 0 Å². The first-order chi connectivity index (χ1) is 8.76. The number of amides is 1. The monoisotopic (exact) mass is 302 g/mol. The van der Waals surface area contributed by atoms with Crippen molar-refractivity contribution in [3.05, 3.63) is 21.9 Å². The van der Waals surface area contributed by atoms with Gasteiger partial charge in [-0.1, -0.05) is 6.92 Å². The molecule has 108 valence electrons. The SMILES string of the molecule is CCc1ccsc1C(=O)N1CCCC(CNC)C1.Cl. The molecule has 1 aliphatic rings. The van der Waals surface area contributed by atoms with E-state index >= 15 is 0 Å². The number of thiophene rings is 1. The Morgan fingerprint density at radius 3 is 3.05 bits per heavy atom. The molecular weight excluding hydrogens is 280 g/mol. The van der Waals surface area contributed by atoms with Gasteiger partial charge in [-0.2, -0.15) is 0 Å². The second kappa shape index (κ2) is 7.88. The summed E-state index contributed by atoms with van der Waals surface area (Å²) >= 11 is 1.58. The number of piperidine rings is 1. The molecule has 5 heteroatoms. The smallest absolute Gasteiger partial charge is 0.264 e. The first-order valence-electron chi connectivity index (χ1n) is 6.76. The minimum atomic E-state index is 0. The van der Waals surface area contributed by atoms with Crippen LogP contribution in [-0.2, 0) is 6.42 Å². The lowest BCUT2D eigenvalue weighted by atomic mass is 9.97. The van der Waals surface area contributed by atoms with Gasteiger partial charge in [0.25, 0.3) is 5.91 Å². The molecule has 1 atom stereocenters. The van der Waals surface area contributed by atoms with Gasteiger partial charge in [0.1, 0.15) is 0 Å². The Hall–Kier alpha value is -0.580. The summed E-state index contributed by atoms with van der Waals surface area (Å²) in [5.74, 6) is 0.848. The Bertz CT molecular complexity index is 406. The summed E-state index contributed by atoms with van der Waals surface area (Å²) in [5.41, 5.74) is 1.20. The van der Waals surface area contributed by atoms with E-state index < -0.39 is 0 Å². The molecule has 0 aromatic carbocycles. The lowest BCUT2D eigenvalue weighted by molar-refractivity contribution is 0.0678. The van der Waals surface area contributed by atoms with Gasteiger partial charge in [-0.3, -0.25) is 4.79 Å². The largest absolute Gasteiger partial charge is 0.338 e. The van der Waals surface area contributed by atoms with E-state index in [0.717, 1.165) is 37.4 Å².